The van der Waals surface area contributed by atoms with Crippen molar-refractivity contribution >= 4 is 36.9 Å². The van der Waals surface area contributed by atoms with Crippen LogP contribution in [-0.4, -0.2) is 19.5 Å². The molecule has 1 heterocycles. The van der Waals surface area contributed by atoms with E-state index in [9.17, 15) is 8.42 Å². The number of aryl methyl sites for hydroxylation is 1. The van der Waals surface area contributed by atoms with E-state index in [1.807, 2.05) is 25.1 Å². The first-order valence-corrected chi connectivity index (χ1v) is 10.8. The molecule has 0 bridgehead atoms. The lowest BCUT2D eigenvalue weighted by molar-refractivity contribution is 0.414. The van der Waals surface area contributed by atoms with Crippen molar-refractivity contribution in [3.8, 4) is 5.75 Å². The quantitative estimate of drug-likeness (QED) is 0.527. The number of rotatable bonds is 6. The summed E-state index contributed by atoms with van der Waals surface area (Å²) < 4.78 is 34.5. The number of halogens is 1. The molecule has 2 aromatic carbocycles. The van der Waals surface area contributed by atoms with Gasteiger partial charge in [-0.05, 0) is 67.8 Å². The largest absolute Gasteiger partial charge is 0.497 e. The Bertz CT molecular complexity index is 1040. The summed E-state index contributed by atoms with van der Waals surface area (Å²) in [6.45, 7) is 4.11. The summed E-state index contributed by atoms with van der Waals surface area (Å²) >= 11 is 3.49. The van der Waals surface area contributed by atoms with Gasteiger partial charge in [0.05, 0.1) is 17.5 Å². The van der Waals surface area contributed by atoms with Crippen LogP contribution in [-0.2, 0) is 16.4 Å². The number of ether oxygens (including phenoxy) is 1. The van der Waals surface area contributed by atoms with Crippen LogP contribution in [0.1, 0.15) is 31.0 Å². The Labute approximate surface area is 163 Å². The van der Waals surface area contributed by atoms with E-state index in [4.69, 9.17) is 4.74 Å². The van der Waals surface area contributed by atoms with Crippen LogP contribution in [0.25, 0.3) is 10.9 Å². The summed E-state index contributed by atoms with van der Waals surface area (Å²) in [5.74, 6) is 0.632. The van der Waals surface area contributed by atoms with Gasteiger partial charge in [-0.2, -0.15) is 0 Å². The number of aromatic nitrogens is 1. The lowest BCUT2D eigenvalue weighted by Gasteiger charge is -2.13. The molecule has 0 spiro atoms. The average Bonchev–Trinajstić information content (AvgIpc) is 2.92. The maximum atomic E-state index is 13.4. The van der Waals surface area contributed by atoms with E-state index in [1.54, 1.807) is 31.4 Å². The van der Waals surface area contributed by atoms with E-state index in [1.165, 1.54) is 3.97 Å². The predicted octanol–water partition coefficient (Wildman–Crippen LogP) is 5.30. The van der Waals surface area contributed by atoms with Crippen LogP contribution < -0.4 is 4.74 Å². The second-order valence-electron chi connectivity index (χ2n) is 6.28. The van der Waals surface area contributed by atoms with Crippen LogP contribution in [0.5, 0.6) is 5.75 Å². The molecule has 0 aliphatic heterocycles. The van der Waals surface area contributed by atoms with Gasteiger partial charge in [-0.1, -0.05) is 29.3 Å². The Morgan fingerprint density at radius 1 is 1.12 bits per heavy atom. The predicted molar refractivity (Wildman–Crippen MR) is 109 cm³/mol. The molecule has 6 heteroatoms. The van der Waals surface area contributed by atoms with Gasteiger partial charge in [0.1, 0.15) is 5.75 Å². The Morgan fingerprint density at radius 3 is 2.42 bits per heavy atom. The fourth-order valence-corrected chi connectivity index (χ4v) is 5.19. The topological polar surface area (TPSA) is 48.3 Å². The lowest BCUT2D eigenvalue weighted by Crippen LogP contribution is -2.16. The molecule has 138 valence electrons. The van der Waals surface area contributed by atoms with Crippen molar-refractivity contribution in [1.29, 1.82) is 0 Å². The summed E-state index contributed by atoms with van der Waals surface area (Å²) in [5, 5.41) is 0.961. The Morgan fingerprint density at radius 2 is 1.81 bits per heavy atom. The van der Waals surface area contributed by atoms with E-state index >= 15 is 0 Å². The highest BCUT2D eigenvalue weighted by Gasteiger charge is 2.25. The van der Waals surface area contributed by atoms with Gasteiger partial charge in [0.2, 0.25) is 0 Å². The van der Waals surface area contributed by atoms with Gasteiger partial charge in [0.25, 0.3) is 10.0 Å². The van der Waals surface area contributed by atoms with Gasteiger partial charge in [-0.25, -0.2) is 12.4 Å². The fraction of sp³-hybridized carbons (Fsp3) is 0.300. The number of benzene rings is 2. The zero-order valence-electron chi connectivity index (χ0n) is 15.1. The van der Waals surface area contributed by atoms with Gasteiger partial charge < -0.3 is 4.74 Å². The summed E-state index contributed by atoms with van der Waals surface area (Å²) in [7, 11) is -2.14. The minimum atomic E-state index is -3.70. The number of hydrogen-bond acceptors (Lipinski definition) is 3. The zero-order valence-corrected chi connectivity index (χ0v) is 17.5. The monoisotopic (exact) mass is 435 g/mol. The number of fused-ring (bicyclic) bond motifs is 1. The molecule has 26 heavy (non-hydrogen) atoms. The van der Waals surface area contributed by atoms with Gasteiger partial charge in [-0.3, -0.25) is 0 Å². The maximum absolute atomic E-state index is 13.4. The number of methoxy groups -OCH3 is 1. The first-order chi connectivity index (χ1) is 12.4. The summed E-state index contributed by atoms with van der Waals surface area (Å²) in [6.07, 6.45) is 2.67. The normalized spacial score (nSPS) is 11.8. The van der Waals surface area contributed by atoms with Crippen molar-refractivity contribution in [2.45, 2.75) is 38.0 Å². The highest BCUT2D eigenvalue weighted by atomic mass is 79.9. The van der Waals surface area contributed by atoms with Crippen LogP contribution in [0, 0.1) is 6.92 Å². The molecule has 0 N–H and O–H groups in total. The second-order valence-corrected chi connectivity index (χ2v) is 8.98. The fourth-order valence-electron chi connectivity index (χ4n) is 3.20. The molecule has 0 unspecified atom stereocenters. The minimum Gasteiger partial charge on any atom is -0.497 e. The van der Waals surface area contributed by atoms with Crippen molar-refractivity contribution in [2.24, 2.45) is 0 Å². The van der Waals surface area contributed by atoms with Crippen molar-refractivity contribution in [2.75, 3.05) is 7.11 Å². The molecule has 0 aliphatic rings. The van der Waals surface area contributed by atoms with Crippen molar-refractivity contribution in [1.82, 2.24) is 3.97 Å². The molecular formula is C20H22BrNO3S. The molecule has 3 rings (SSSR count). The maximum Gasteiger partial charge on any atom is 0.268 e. The van der Waals surface area contributed by atoms with Crippen LogP contribution in [0.2, 0.25) is 0 Å². The third-order valence-electron chi connectivity index (χ3n) is 4.62. The van der Waals surface area contributed by atoms with Crippen LogP contribution in [0.15, 0.2) is 51.8 Å². The van der Waals surface area contributed by atoms with Gasteiger partial charge in [-0.15, -0.1) is 0 Å². The molecule has 1 aromatic heterocycles. The molecule has 0 amide bonds. The Balaban J connectivity index is 2.27. The molecular weight excluding hydrogens is 414 g/mol. The standard InChI is InChI=1S/C20H22BrNO3S/c1-4-5-6-19-14(2)18-13-15(21)7-12-20(18)22(19)26(23,24)17-10-8-16(25-3)9-11-17/h7-13H,4-6H2,1-3H3. The highest BCUT2D eigenvalue weighted by Crippen LogP contribution is 2.33. The number of unbranched alkanes of at least 4 members (excludes halogenated alkanes) is 1. The summed E-state index contributed by atoms with van der Waals surface area (Å²) in [4.78, 5) is 0.260. The molecule has 0 radical (unpaired) electrons. The van der Waals surface area contributed by atoms with Crippen molar-refractivity contribution < 1.29 is 13.2 Å². The van der Waals surface area contributed by atoms with E-state index in [0.29, 0.717) is 11.3 Å². The zero-order chi connectivity index (χ0) is 18.9. The summed E-state index contributed by atoms with van der Waals surface area (Å²) in [5.41, 5.74) is 2.59. The number of nitrogens with zero attached hydrogens (tertiary/aromatic N) is 1. The highest BCUT2D eigenvalue weighted by molar-refractivity contribution is 9.10. The first kappa shape index (κ1) is 19.0. The summed E-state index contributed by atoms with van der Waals surface area (Å²) in [6, 6.07) is 12.3. The first-order valence-electron chi connectivity index (χ1n) is 8.59. The molecule has 4 nitrogen and oxygen atoms in total. The van der Waals surface area contributed by atoms with Gasteiger partial charge in [0, 0.05) is 15.6 Å². The molecule has 0 saturated carbocycles. The molecule has 3 aromatic rings. The van der Waals surface area contributed by atoms with Crippen molar-refractivity contribution in [3.63, 3.8) is 0 Å². The van der Waals surface area contributed by atoms with E-state index < -0.39 is 10.0 Å². The van der Waals surface area contributed by atoms with E-state index in [2.05, 4.69) is 22.9 Å². The smallest absolute Gasteiger partial charge is 0.268 e. The molecule has 0 aliphatic carbocycles. The molecule has 0 atom stereocenters. The van der Waals surface area contributed by atoms with Gasteiger partial charge in [0.15, 0.2) is 0 Å². The molecule has 0 fully saturated rings. The lowest BCUT2D eigenvalue weighted by atomic mass is 10.1. The minimum absolute atomic E-state index is 0.260. The van der Waals surface area contributed by atoms with Gasteiger partial charge >= 0.3 is 0 Å². The third-order valence-corrected chi connectivity index (χ3v) is 6.88. The van der Waals surface area contributed by atoms with Crippen LogP contribution in [0.3, 0.4) is 0 Å². The van der Waals surface area contributed by atoms with E-state index in [-0.39, 0.29) is 4.90 Å². The van der Waals surface area contributed by atoms with E-state index in [0.717, 1.165) is 40.4 Å². The third kappa shape index (κ3) is 3.28. The number of hydrogen-bond donors (Lipinski definition) is 0. The Hall–Kier alpha value is -1.79. The Kier molecular flexibility index (Phi) is 5.44. The van der Waals surface area contributed by atoms with Crippen LogP contribution in [0.4, 0.5) is 0 Å². The van der Waals surface area contributed by atoms with Crippen LogP contribution >= 0.6 is 15.9 Å². The average molecular weight is 436 g/mol. The second kappa shape index (κ2) is 7.45. The SMILES string of the molecule is CCCCc1c(C)c2cc(Br)ccc2n1S(=O)(=O)c1ccc(OC)cc1. The van der Waals surface area contributed by atoms with Crippen molar-refractivity contribution in [3.05, 3.63) is 58.2 Å². The molecule has 0 saturated heterocycles.